The molecule has 0 aliphatic heterocycles. The van der Waals surface area contributed by atoms with Gasteiger partial charge in [-0.2, -0.15) is 0 Å². The van der Waals surface area contributed by atoms with Crippen molar-refractivity contribution < 1.29 is 4.79 Å². The zero-order valence-corrected chi connectivity index (χ0v) is 12.8. The lowest BCUT2D eigenvalue weighted by Gasteiger charge is -2.26. The first kappa shape index (κ1) is 14.5. The quantitative estimate of drug-likeness (QED) is 0.919. The maximum atomic E-state index is 12.6. The number of hydrogen-bond acceptors (Lipinski definition) is 4. The van der Waals surface area contributed by atoms with E-state index in [1.165, 1.54) is 4.88 Å². The Labute approximate surface area is 123 Å². The average molecular weight is 289 g/mol. The van der Waals surface area contributed by atoms with E-state index in [-0.39, 0.29) is 11.9 Å². The van der Waals surface area contributed by atoms with Crippen LogP contribution in [-0.4, -0.2) is 28.9 Å². The number of thiophene rings is 1. The van der Waals surface area contributed by atoms with Gasteiger partial charge in [0, 0.05) is 29.9 Å². The number of rotatable bonds is 5. The van der Waals surface area contributed by atoms with Crippen molar-refractivity contribution in [3.05, 3.63) is 46.4 Å². The lowest BCUT2D eigenvalue weighted by Crippen LogP contribution is -2.36. The SMILES string of the molecule is CNc1ccnc(C(=O)N(Cc2cccs2)C(C)C)c1. The summed E-state index contributed by atoms with van der Waals surface area (Å²) >= 11 is 1.66. The zero-order chi connectivity index (χ0) is 14.5. The Balaban J connectivity index is 2.22. The van der Waals surface area contributed by atoms with E-state index in [4.69, 9.17) is 0 Å². The molecule has 1 amide bonds. The van der Waals surface area contributed by atoms with Crippen molar-refractivity contribution in [3.8, 4) is 0 Å². The molecule has 0 aliphatic rings. The molecule has 0 saturated carbocycles. The molecule has 5 heteroatoms. The number of carbonyl (C=O) groups is 1. The summed E-state index contributed by atoms with van der Waals surface area (Å²) in [7, 11) is 1.83. The Morgan fingerprint density at radius 3 is 2.85 bits per heavy atom. The second-order valence-electron chi connectivity index (χ2n) is 4.79. The third kappa shape index (κ3) is 3.36. The topological polar surface area (TPSA) is 45.2 Å². The summed E-state index contributed by atoms with van der Waals surface area (Å²) in [4.78, 5) is 19.8. The molecule has 0 spiro atoms. The summed E-state index contributed by atoms with van der Waals surface area (Å²) in [6, 6.07) is 7.81. The molecule has 0 aromatic carbocycles. The minimum absolute atomic E-state index is 0.0366. The van der Waals surface area contributed by atoms with Gasteiger partial charge in [-0.15, -0.1) is 11.3 Å². The van der Waals surface area contributed by atoms with Gasteiger partial charge in [0.05, 0.1) is 6.54 Å². The van der Waals surface area contributed by atoms with Crippen LogP contribution in [0.1, 0.15) is 29.2 Å². The molecule has 1 N–H and O–H groups in total. The van der Waals surface area contributed by atoms with Gasteiger partial charge < -0.3 is 10.2 Å². The van der Waals surface area contributed by atoms with Crippen LogP contribution in [0, 0.1) is 0 Å². The fourth-order valence-electron chi connectivity index (χ4n) is 1.91. The van der Waals surface area contributed by atoms with E-state index in [9.17, 15) is 4.79 Å². The van der Waals surface area contributed by atoms with Gasteiger partial charge in [0.15, 0.2) is 0 Å². The molecule has 2 rings (SSSR count). The molecule has 106 valence electrons. The fraction of sp³-hybridized carbons (Fsp3) is 0.333. The number of hydrogen-bond donors (Lipinski definition) is 1. The maximum Gasteiger partial charge on any atom is 0.273 e. The fourth-order valence-corrected chi connectivity index (χ4v) is 2.61. The van der Waals surface area contributed by atoms with E-state index in [1.54, 1.807) is 23.6 Å². The largest absolute Gasteiger partial charge is 0.388 e. The third-order valence-corrected chi connectivity index (χ3v) is 3.92. The highest BCUT2D eigenvalue weighted by atomic mass is 32.1. The van der Waals surface area contributed by atoms with Crippen LogP contribution >= 0.6 is 11.3 Å². The Morgan fingerprint density at radius 1 is 1.45 bits per heavy atom. The van der Waals surface area contributed by atoms with E-state index >= 15 is 0 Å². The molecule has 0 fully saturated rings. The predicted molar refractivity (Wildman–Crippen MR) is 83.1 cm³/mol. The minimum atomic E-state index is -0.0366. The van der Waals surface area contributed by atoms with Gasteiger partial charge in [-0.3, -0.25) is 9.78 Å². The van der Waals surface area contributed by atoms with Crippen molar-refractivity contribution in [3.63, 3.8) is 0 Å². The lowest BCUT2D eigenvalue weighted by atomic mass is 10.2. The van der Waals surface area contributed by atoms with Crippen LogP contribution in [0.3, 0.4) is 0 Å². The van der Waals surface area contributed by atoms with Gasteiger partial charge in [-0.25, -0.2) is 0 Å². The first-order valence-corrected chi connectivity index (χ1v) is 7.47. The molecule has 0 unspecified atom stereocenters. The minimum Gasteiger partial charge on any atom is -0.388 e. The highest BCUT2D eigenvalue weighted by molar-refractivity contribution is 7.09. The highest BCUT2D eigenvalue weighted by Gasteiger charge is 2.20. The van der Waals surface area contributed by atoms with Crippen molar-refractivity contribution in [1.82, 2.24) is 9.88 Å². The molecule has 2 heterocycles. The Morgan fingerprint density at radius 2 is 2.25 bits per heavy atom. The molecule has 4 nitrogen and oxygen atoms in total. The van der Waals surface area contributed by atoms with Crippen molar-refractivity contribution in [2.24, 2.45) is 0 Å². The zero-order valence-electron chi connectivity index (χ0n) is 12.0. The van der Waals surface area contributed by atoms with Gasteiger partial charge in [0.2, 0.25) is 0 Å². The number of nitrogens with zero attached hydrogens (tertiary/aromatic N) is 2. The van der Waals surface area contributed by atoms with Crippen molar-refractivity contribution >= 4 is 22.9 Å². The van der Waals surface area contributed by atoms with Gasteiger partial charge in [-0.05, 0) is 37.4 Å². The second-order valence-corrected chi connectivity index (χ2v) is 5.82. The second kappa shape index (κ2) is 6.52. The monoisotopic (exact) mass is 289 g/mol. The van der Waals surface area contributed by atoms with Gasteiger partial charge in [0.25, 0.3) is 5.91 Å². The standard InChI is InChI=1S/C15H19N3OS/c1-11(2)18(10-13-5-4-8-20-13)15(19)14-9-12(16-3)6-7-17-14/h4-9,11H,10H2,1-3H3,(H,16,17). The van der Waals surface area contributed by atoms with E-state index in [2.05, 4.69) is 10.3 Å². The Kier molecular flexibility index (Phi) is 4.74. The molecule has 0 saturated heterocycles. The Hall–Kier alpha value is -1.88. The molecule has 20 heavy (non-hydrogen) atoms. The molecule has 2 aromatic heterocycles. The van der Waals surface area contributed by atoms with Crippen LogP contribution in [0.5, 0.6) is 0 Å². The van der Waals surface area contributed by atoms with E-state index < -0.39 is 0 Å². The van der Waals surface area contributed by atoms with E-state index in [0.29, 0.717) is 12.2 Å². The number of carbonyl (C=O) groups excluding carboxylic acids is 1. The normalized spacial score (nSPS) is 10.6. The number of aromatic nitrogens is 1. The molecule has 0 bridgehead atoms. The summed E-state index contributed by atoms with van der Waals surface area (Å²) in [5, 5.41) is 5.05. The first-order valence-electron chi connectivity index (χ1n) is 6.59. The summed E-state index contributed by atoms with van der Waals surface area (Å²) in [6.45, 7) is 4.67. The van der Waals surface area contributed by atoms with Gasteiger partial charge in [0.1, 0.15) is 5.69 Å². The molecule has 0 radical (unpaired) electrons. The first-order chi connectivity index (χ1) is 9.61. The number of pyridine rings is 1. The maximum absolute atomic E-state index is 12.6. The molecular formula is C15H19N3OS. The summed E-state index contributed by atoms with van der Waals surface area (Å²) < 4.78 is 0. The number of anilines is 1. The van der Waals surface area contributed by atoms with Crippen LogP contribution in [0.25, 0.3) is 0 Å². The summed E-state index contributed by atoms with van der Waals surface area (Å²) in [5.74, 6) is -0.0366. The molecule has 2 aromatic rings. The van der Waals surface area contributed by atoms with E-state index in [1.807, 2.05) is 49.4 Å². The lowest BCUT2D eigenvalue weighted by molar-refractivity contribution is 0.0686. The smallest absolute Gasteiger partial charge is 0.273 e. The van der Waals surface area contributed by atoms with Crippen molar-refractivity contribution in [1.29, 1.82) is 0 Å². The van der Waals surface area contributed by atoms with Gasteiger partial charge >= 0.3 is 0 Å². The summed E-state index contributed by atoms with van der Waals surface area (Å²) in [5.41, 5.74) is 1.37. The van der Waals surface area contributed by atoms with Crippen molar-refractivity contribution in [2.45, 2.75) is 26.4 Å². The van der Waals surface area contributed by atoms with Crippen molar-refractivity contribution in [2.75, 3.05) is 12.4 Å². The van der Waals surface area contributed by atoms with Crippen LogP contribution in [-0.2, 0) is 6.54 Å². The summed E-state index contributed by atoms with van der Waals surface area (Å²) in [6.07, 6.45) is 1.66. The Bertz CT molecular complexity index is 566. The van der Waals surface area contributed by atoms with Gasteiger partial charge in [-0.1, -0.05) is 6.07 Å². The van der Waals surface area contributed by atoms with Crippen LogP contribution in [0.15, 0.2) is 35.8 Å². The number of amides is 1. The number of nitrogens with one attached hydrogen (secondary N) is 1. The highest BCUT2D eigenvalue weighted by Crippen LogP contribution is 2.17. The van der Waals surface area contributed by atoms with Crippen LogP contribution < -0.4 is 5.32 Å². The van der Waals surface area contributed by atoms with Crippen LogP contribution in [0.2, 0.25) is 0 Å². The predicted octanol–water partition coefficient (Wildman–Crippen LogP) is 3.24. The van der Waals surface area contributed by atoms with E-state index in [0.717, 1.165) is 5.69 Å². The molecule has 0 aliphatic carbocycles. The molecular weight excluding hydrogens is 270 g/mol. The average Bonchev–Trinajstić information content (AvgIpc) is 2.97. The molecule has 0 atom stereocenters. The van der Waals surface area contributed by atoms with Crippen LogP contribution in [0.4, 0.5) is 5.69 Å². The third-order valence-electron chi connectivity index (χ3n) is 3.06.